The molecule has 1 aromatic heterocycles. The molecule has 5 nitrogen and oxygen atoms in total. The number of hydrogen-bond acceptors (Lipinski definition) is 4. The molecule has 0 spiro atoms. The maximum atomic E-state index is 5.92. The Kier molecular flexibility index (Phi) is 11.7. The fraction of sp³-hybridized carbons (Fsp3) is 0.737. The minimum Gasteiger partial charge on any atom is -0.374 e. The summed E-state index contributed by atoms with van der Waals surface area (Å²) in [6.07, 6.45) is 1.26. The molecule has 150 valence electrons. The summed E-state index contributed by atoms with van der Waals surface area (Å²) in [5.41, 5.74) is 0. The SMILES string of the molecule is CCNC(=NCC1CN(CC(C)C)CCO1)N(C)CCc1cccs1.I. The number of guanidine groups is 1. The highest BCUT2D eigenvalue weighted by Crippen LogP contribution is 2.10. The zero-order valence-electron chi connectivity index (χ0n) is 16.6. The normalized spacial score (nSPS) is 18.7. The molecule has 0 aliphatic carbocycles. The molecule has 1 unspecified atom stereocenters. The highest BCUT2D eigenvalue weighted by atomic mass is 127. The third-order valence-electron chi connectivity index (χ3n) is 4.26. The van der Waals surface area contributed by atoms with E-state index < -0.39 is 0 Å². The van der Waals surface area contributed by atoms with Gasteiger partial charge in [0.15, 0.2) is 5.96 Å². The molecule has 1 aliphatic heterocycles. The predicted octanol–water partition coefficient (Wildman–Crippen LogP) is 3.16. The molecule has 2 heterocycles. The molecule has 1 aliphatic rings. The molecule has 0 amide bonds. The monoisotopic (exact) mass is 494 g/mol. The lowest BCUT2D eigenvalue weighted by Gasteiger charge is -2.33. The lowest BCUT2D eigenvalue weighted by molar-refractivity contribution is -0.0262. The fourth-order valence-electron chi connectivity index (χ4n) is 3.07. The first-order valence-corrected chi connectivity index (χ1v) is 10.3. The van der Waals surface area contributed by atoms with E-state index in [1.54, 1.807) is 0 Å². The summed E-state index contributed by atoms with van der Waals surface area (Å²) in [6.45, 7) is 13.2. The summed E-state index contributed by atoms with van der Waals surface area (Å²) in [5.74, 6) is 1.67. The van der Waals surface area contributed by atoms with Crippen molar-refractivity contribution in [3.05, 3.63) is 22.4 Å². The van der Waals surface area contributed by atoms with Crippen molar-refractivity contribution in [3.63, 3.8) is 0 Å². The van der Waals surface area contributed by atoms with Gasteiger partial charge in [0, 0.05) is 44.6 Å². The van der Waals surface area contributed by atoms with E-state index in [1.165, 1.54) is 4.88 Å². The Morgan fingerprint density at radius 2 is 2.31 bits per heavy atom. The highest BCUT2D eigenvalue weighted by Gasteiger charge is 2.21. The highest BCUT2D eigenvalue weighted by molar-refractivity contribution is 14.0. The molecular weight excluding hydrogens is 459 g/mol. The van der Waals surface area contributed by atoms with Crippen LogP contribution >= 0.6 is 35.3 Å². The maximum absolute atomic E-state index is 5.92. The van der Waals surface area contributed by atoms with Gasteiger partial charge in [0.1, 0.15) is 0 Å². The number of aliphatic imine (C=N–C) groups is 1. The molecular formula is C19H35IN4OS. The number of thiophene rings is 1. The Bertz CT molecular complexity index is 510. The number of rotatable bonds is 8. The van der Waals surface area contributed by atoms with Gasteiger partial charge in [-0.05, 0) is 30.7 Å². The van der Waals surface area contributed by atoms with Crippen LogP contribution in [0.25, 0.3) is 0 Å². The van der Waals surface area contributed by atoms with Gasteiger partial charge >= 0.3 is 0 Å². The zero-order valence-corrected chi connectivity index (χ0v) is 19.8. The van der Waals surface area contributed by atoms with Crippen molar-refractivity contribution < 1.29 is 4.74 Å². The van der Waals surface area contributed by atoms with Gasteiger partial charge in [-0.3, -0.25) is 9.89 Å². The maximum Gasteiger partial charge on any atom is 0.193 e. The Balaban J connectivity index is 0.00000338. The van der Waals surface area contributed by atoms with Crippen molar-refractivity contribution in [1.29, 1.82) is 0 Å². The van der Waals surface area contributed by atoms with Crippen molar-refractivity contribution in [1.82, 2.24) is 15.1 Å². The second-order valence-corrected chi connectivity index (χ2v) is 8.12. The number of likely N-dealkylation sites (N-methyl/N-ethyl adjacent to an activating group) is 1. The first-order valence-electron chi connectivity index (χ1n) is 9.44. The molecule has 0 bridgehead atoms. The molecule has 0 saturated carbocycles. The van der Waals surface area contributed by atoms with E-state index in [4.69, 9.17) is 9.73 Å². The van der Waals surface area contributed by atoms with E-state index in [0.717, 1.165) is 58.3 Å². The largest absolute Gasteiger partial charge is 0.374 e. The minimum absolute atomic E-state index is 0. The van der Waals surface area contributed by atoms with E-state index in [1.807, 2.05) is 11.3 Å². The van der Waals surface area contributed by atoms with Gasteiger partial charge in [-0.1, -0.05) is 19.9 Å². The summed E-state index contributed by atoms with van der Waals surface area (Å²) in [4.78, 5) is 11.0. The number of nitrogens with zero attached hydrogens (tertiary/aromatic N) is 3. The number of ether oxygens (including phenoxy) is 1. The molecule has 26 heavy (non-hydrogen) atoms. The molecule has 0 radical (unpaired) electrons. The van der Waals surface area contributed by atoms with Gasteiger partial charge in [-0.2, -0.15) is 0 Å². The summed E-state index contributed by atoms with van der Waals surface area (Å²) < 4.78 is 5.92. The number of morpholine rings is 1. The van der Waals surface area contributed by atoms with Gasteiger partial charge in [-0.25, -0.2) is 0 Å². The lowest BCUT2D eigenvalue weighted by atomic mass is 10.2. The molecule has 1 aromatic rings. The summed E-state index contributed by atoms with van der Waals surface area (Å²) >= 11 is 1.82. The third-order valence-corrected chi connectivity index (χ3v) is 5.20. The van der Waals surface area contributed by atoms with Crippen molar-refractivity contribution in [2.24, 2.45) is 10.9 Å². The summed E-state index contributed by atoms with van der Waals surface area (Å²) in [6, 6.07) is 4.31. The second-order valence-electron chi connectivity index (χ2n) is 7.09. The van der Waals surface area contributed by atoms with E-state index in [2.05, 4.69) is 60.4 Å². The first kappa shape index (κ1) is 23.7. The van der Waals surface area contributed by atoms with E-state index in [0.29, 0.717) is 5.92 Å². The Hall–Kier alpha value is -0.380. The van der Waals surface area contributed by atoms with Crippen molar-refractivity contribution in [3.8, 4) is 0 Å². The number of nitrogens with one attached hydrogen (secondary N) is 1. The molecule has 1 fully saturated rings. The molecule has 7 heteroatoms. The minimum atomic E-state index is 0. The average Bonchev–Trinajstić information content (AvgIpc) is 3.09. The van der Waals surface area contributed by atoms with Crippen LogP contribution in [0.1, 0.15) is 25.6 Å². The average molecular weight is 494 g/mol. The van der Waals surface area contributed by atoms with Gasteiger partial charge in [0.25, 0.3) is 0 Å². The van der Waals surface area contributed by atoms with Crippen LogP contribution < -0.4 is 5.32 Å². The molecule has 1 N–H and O–H groups in total. The predicted molar refractivity (Wildman–Crippen MR) is 123 cm³/mol. The van der Waals surface area contributed by atoms with Gasteiger partial charge in [0.2, 0.25) is 0 Å². The smallest absolute Gasteiger partial charge is 0.193 e. The number of halogens is 1. The molecule has 1 atom stereocenters. The van der Waals surface area contributed by atoms with Crippen molar-refractivity contribution in [2.45, 2.75) is 33.3 Å². The van der Waals surface area contributed by atoms with E-state index >= 15 is 0 Å². The van der Waals surface area contributed by atoms with E-state index in [-0.39, 0.29) is 30.1 Å². The topological polar surface area (TPSA) is 40.1 Å². The van der Waals surface area contributed by atoms with Crippen LogP contribution in [0, 0.1) is 5.92 Å². The standard InChI is InChI=1S/C19H34N4OS.HI/c1-5-20-19(22(4)9-8-18-7-6-12-25-18)21-13-17-15-23(10-11-24-17)14-16(2)3;/h6-7,12,16-17H,5,8-11,13-15H2,1-4H3,(H,20,21);1H. The van der Waals surface area contributed by atoms with Crippen LogP contribution in [0.5, 0.6) is 0 Å². The van der Waals surface area contributed by atoms with E-state index in [9.17, 15) is 0 Å². The molecule has 0 aromatic carbocycles. The molecule has 1 saturated heterocycles. The van der Waals surface area contributed by atoms with Crippen LogP contribution in [0.15, 0.2) is 22.5 Å². The lowest BCUT2D eigenvalue weighted by Crippen LogP contribution is -2.46. The number of hydrogen-bond donors (Lipinski definition) is 1. The Morgan fingerprint density at radius 1 is 1.50 bits per heavy atom. The quantitative estimate of drug-likeness (QED) is 0.343. The third kappa shape index (κ3) is 8.54. The van der Waals surface area contributed by atoms with Crippen LogP contribution in [-0.2, 0) is 11.2 Å². The van der Waals surface area contributed by atoms with Gasteiger partial charge in [-0.15, -0.1) is 35.3 Å². The van der Waals surface area contributed by atoms with Gasteiger partial charge in [0.05, 0.1) is 19.3 Å². The Labute approximate surface area is 180 Å². The summed E-state index contributed by atoms with van der Waals surface area (Å²) in [5, 5.41) is 5.54. The summed E-state index contributed by atoms with van der Waals surface area (Å²) in [7, 11) is 2.11. The fourth-order valence-corrected chi connectivity index (χ4v) is 3.77. The first-order chi connectivity index (χ1) is 12.1. The van der Waals surface area contributed by atoms with Crippen LogP contribution in [0.3, 0.4) is 0 Å². The van der Waals surface area contributed by atoms with Crippen LogP contribution in [0.4, 0.5) is 0 Å². The van der Waals surface area contributed by atoms with Crippen molar-refractivity contribution in [2.75, 3.05) is 52.9 Å². The zero-order chi connectivity index (χ0) is 18.1. The van der Waals surface area contributed by atoms with Crippen LogP contribution in [0.2, 0.25) is 0 Å². The van der Waals surface area contributed by atoms with Crippen LogP contribution in [-0.4, -0.2) is 74.8 Å². The Morgan fingerprint density at radius 3 is 2.96 bits per heavy atom. The molecule has 2 rings (SSSR count). The second kappa shape index (κ2) is 12.9. The van der Waals surface area contributed by atoms with Crippen molar-refractivity contribution >= 4 is 41.3 Å². The van der Waals surface area contributed by atoms with Gasteiger partial charge < -0.3 is 15.0 Å².